The Balaban J connectivity index is 3.23. The van der Waals surface area contributed by atoms with Gasteiger partial charge in [-0.15, -0.1) is 0 Å². The minimum absolute atomic E-state index is 0.273. The zero-order valence-electron chi connectivity index (χ0n) is 5.97. The summed E-state index contributed by atoms with van der Waals surface area (Å²) in [5, 5.41) is 8.45. The number of hydrogen-bond donors (Lipinski definition) is 1. The summed E-state index contributed by atoms with van der Waals surface area (Å²) in [4.78, 5) is 10.3. The molecule has 0 saturated heterocycles. The molecule has 0 aliphatic rings. The third kappa shape index (κ3) is 1.58. The maximum absolute atomic E-state index is 12.6. The summed E-state index contributed by atoms with van der Waals surface area (Å²) in [6.45, 7) is 0. The van der Waals surface area contributed by atoms with Gasteiger partial charge < -0.3 is 5.11 Å². The van der Waals surface area contributed by atoms with Crippen LogP contribution < -0.4 is 5.46 Å². The highest BCUT2D eigenvalue weighted by molar-refractivity contribution is 6.32. The van der Waals surface area contributed by atoms with Crippen molar-refractivity contribution in [3.63, 3.8) is 0 Å². The summed E-state index contributed by atoms with van der Waals surface area (Å²) >= 11 is 0. The fourth-order valence-corrected chi connectivity index (χ4v) is 0.803. The summed E-state index contributed by atoms with van der Waals surface area (Å²) in [5.41, 5.74) is 0.466. The standard InChI is InChI=1S/C7H6BFO2/c8-4-1-2-6(9)5(3-4)7(10)11/h1-3H,8H2,(H,10,11). The maximum atomic E-state index is 12.6. The van der Waals surface area contributed by atoms with E-state index in [0.717, 1.165) is 11.5 Å². The van der Waals surface area contributed by atoms with Crippen molar-refractivity contribution in [3.05, 3.63) is 29.6 Å². The summed E-state index contributed by atoms with van der Waals surface area (Å²) < 4.78 is 12.6. The molecule has 2 nitrogen and oxygen atoms in total. The molecule has 0 saturated carbocycles. The monoisotopic (exact) mass is 152 g/mol. The number of rotatable bonds is 1. The Morgan fingerprint density at radius 2 is 2.18 bits per heavy atom. The van der Waals surface area contributed by atoms with Gasteiger partial charge in [-0.3, -0.25) is 0 Å². The van der Waals surface area contributed by atoms with Crippen LogP contribution in [-0.4, -0.2) is 18.9 Å². The van der Waals surface area contributed by atoms with E-state index < -0.39 is 11.8 Å². The Bertz CT molecular complexity index is 298. The molecule has 0 spiro atoms. The van der Waals surface area contributed by atoms with Gasteiger partial charge in [-0.25, -0.2) is 9.18 Å². The van der Waals surface area contributed by atoms with E-state index in [0.29, 0.717) is 0 Å². The van der Waals surface area contributed by atoms with Crippen LogP contribution in [0.4, 0.5) is 4.39 Å². The molecular weight excluding hydrogens is 146 g/mol. The van der Waals surface area contributed by atoms with Crippen LogP contribution in [0.1, 0.15) is 10.4 Å². The largest absolute Gasteiger partial charge is 0.478 e. The number of benzene rings is 1. The van der Waals surface area contributed by atoms with E-state index in [-0.39, 0.29) is 5.56 Å². The molecule has 56 valence electrons. The summed E-state index contributed by atoms with van der Waals surface area (Å²) in [5.74, 6) is -1.92. The molecule has 0 fully saturated rings. The second kappa shape index (κ2) is 2.74. The average Bonchev–Trinajstić information content (AvgIpc) is 1.94. The fraction of sp³-hybridized carbons (Fsp3) is 0. The number of halogens is 1. The maximum Gasteiger partial charge on any atom is 0.338 e. The topological polar surface area (TPSA) is 37.3 Å². The van der Waals surface area contributed by atoms with Crippen molar-refractivity contribution in [2.75, 3.05) is 0 Å². The van der Waals surface area contributed by atoms with Gasteiger partial charge >= 0.3 is 5.97 Å². The van der Waals surface area contributed by atoms with Crippen LogP contribution in [0.5, 0.6) is 0 Å². The van der Waals surface area contributed by atoms with E-state index in [9.17, 15) is 9.18 Å². The van der Waals surface area contributed by atoms with Crippen molar-refractivity contribution in [1.29, 1.82) is 0 Å². The van der Waals surface area contributed by atoms with E-state index >= 15 is 0 Å². The number of carbonyl (C=O) groups is 1. The Morgan fingerprint density at radius 1 is 1.55 bits per heavy atom. The second-order valence-corrected chi connectivity index (χ2v) is 2.29. The molecule has 0 bridgehead atoms. The molecule has 0 aliphatic carbocycles. The number of carboxylic acid groups (broad SMARTS) is 1. The molecule has 1 aromatic rings. The minimum Gasteiger partial charge on any atom is -0.478 e. The van der Waals surface area contributed by atoms with Crippen molar-refractivity contribution >= 4 is 19.3 Å². The molecule has 0 aliphatic heterocycles. The van der Waals surface area contributed by atoms with Gasteiger partial charge in [0, 0.05) is 0 Å². The molecule has 0 unspecified atom stereocenters. The van der Waals surface area contributed by atoms with E-state index in [4.69, 9.17) is 5.11 Å². The van der Waals surface area contributed by atoms with Crippen LogP contribution in [-0.2, 0) is 0 Å². The van der Waals surface area contributed by atoms with Gasteiger partial charge in [0.2, 0.25) is 0 Å². The first-order chi connectivity index (χ1) is 5.11. The van der Waals surface area contributed by atoms with E-state index in [1.54, 1.807) is 7.85 Å². The second-order valence-electron chi connectivity index (χ2n) is 2.29. The number of carboxylic acids is 1. The summed E-state index contributed by atoms with van der Waals surface area (Å²) in [7, 11) is 1.71. The SMILES string of the molecule is Bc1ccc(F)c(C(=O)O)c1. The van der Waals surface area contributed by atoms with E-state index in [1.165, 1.54) is 12.1 Å². The van der Waals surface area contributed by atoms with Crippen LogP contribution in [0, 0.1) is 5.82 Å². The first-order valence-electron chi connectivity index (χ1n) is 3.10. The number of aromatic carboxylic acids is 1. The zero-order chi connectivity index (χ0) is 8.43. The van der Waals surface area contributed by atoms with Crippen LogP contribution in [0.2, 0.25) is 0 Å². The van der Waals surface area contributed by atoms with Crippen molar-refractivity contribution < 1.29 is 14.3 Å². The highest BCUT2D eigenvalue weighted by Gasteiger charge is 2.08. The average molecular weight is 152 g/mol. The van der Waals surface area contributed by atoms with Crippen LogP contribution >= 0.6 is 0 Å². The van der Waals surface area contributed by atoms with Crippen molar-refractivity contribution in [1.82, 2.24) is 0 Å². The zero-order valence-corrected chi connectivity index (χ0v) is 5.97. The predicted octanol–water partition coefficient (Wildman–Crippen LogP) is -0.218. The van der Waals surface area contributed by atoms with Gasteiger partial charge in [-0.05, 0) is 6.07 Å². The minimum atomic E-state index is -1.23. The Morgan fingerprint density at radius 3 is 2.64 bits per heavy atom. The van der Waals surface area contributed by atoms with Crippen molar-refractivity contribution in [2.45, 2.75) is 0 Å². The lowest BCUT2D eigenvalue weighted by molar-refractivity contribution is 0.0692. The lowest BCUT2D eigenvalue weighted by Crippen LogP contribution is -2.09. The Hall–Kier alpha value is -1.32. The van der Waals surface area contributed by atoms with Crippen LogP contribution in [0.25, 0.3) is 0 Å². The van der Waals surface area contributed by atoms with Crippen LogP contribution in [0.3, 0.4) is 0 Å². The molecule has 1 rings (SSSR count). The van der Waals surface area contributed by atoms with Crippen molar-refractivity contribution in [2.24, 2.45) is 0 Å². The Labute approximate surface area is 64.1 Å². The van der Waals surface area contributed by atoms with Gasteiger partial charge in [-0.2, -0.15) is 0 Å². The summed E-state index contributed by atoms with van der Waals surface area (Å²) in [6.07, 6.45) is 0. The fourth-order valence-electron chi connectivity index (χ4n) is 0.803. The Kier molecular flexibility index (Phi) is 1.94. The first-order valence-corrected chi connectivity index (χ1v) is 3.10. The van der Waals surface area contributed by atoms with Gasteiger partial charge in [0.15, 0.2) is 0 Å². The quantitative estimate of drug-likeness (QED) is 0.565. The molecule has 0 atom stereocenters. The molecular formula is C7H6BFO2. The summed E-state index contributed by atoms with van der Waals surface area (Å²) in [6, 6.07) is 3.98. The molecule has 0 heterocycles. The van der Waals surface area contributed by atoms with Gasteiger partial charge in [0.25, 0.3) is 0 Å². The smallest absolute Gasteiger partial charge is 0.338 e. The molecule has 0 aromatic heterocycles. The third-order valence-electron chi connectivity index (χ3n) is 1.35. The van der Waals surface area contributed by atoms with Gasteiger partial charge in [-0.1, -0.05) is 17.6 Å². The molecule has 0 radical (unpaired) electrons. The number of hydrogen-bond acceptors (Lipinski definition) is 1. The van der Waals surface area contributed by atoms with E-state index in [2.05, 4.69) is 0 Å². The first kappa shape index (κ1) is 7.79. The molecule has 0 amide bonds. The van der Waals surface area contributed by atoms with Gasteiger partial charge in [0.05, 0.1) is 5.56 Å². The molecule has 11 heavy (non-hydrogen) atoms. The molecule has 1 N–H and O–H groups in total. The lowest BCUT2D eigenvalue weighted by Gasteiger charge is -1.97. The highest BCUT2D eigenvalue weighted by Crippen LogP contribution is 2.03. The molecule has 4 heteroatoms. The normalized spacial score (nSPS) is 9.55. The van der Waals surface area contributed by atoms with Crippen LogP contribution in [0.15, 0.2) is 18.2 Å². The van der Waals surface area contributed by atoms with Crippen molar-refractivity contribution in [3.8, 4) is 0 Å². The predicted molar refractivity (Wildman–Crippen MR) is 41.5 cm³/mol. The van der Waals surface area contributed by atoms with E-state index in [1.807, 2.05) is 0 Å². The third-order valence-corrected chi connectivity index (χ3v) is 1.35. The highest BCUT2D eigenvalue weighted by atomic mass is 19.1. The lowest BCUT2D eigenvalue weighted by atomic mass is 9.94. The molecule has 1 aromatic carbocycles. The van der Waals surface area contributed by atoms with Gasteiger partial charge in [0.1, 0.15) is 13.7 Å².